The Labute approximate surface area is 99.1 Å². The fourth-order valence-electron chi connectivity index (χ4n) is 2.54. The van der Waals surface area contributed by atoms with E-state index in [1.165, 1.54) is 6.42 Å². The Hall–Kier alpha value is -0.790. The predicted octanol–water partition coefficient (Wildman–Crippen LogP) is 3.57. The maximum Gasteiger partial charge on any atom is 0.309 e. The van der Waals surface area contributed by atoms with E-state index in [0.29, 0.717) is 18.4 Å². The van der Waals surface area contributed by atoms with E-state index < -0.39 is 0 Å². The Morgan fingerprint density at radius 2 is 2.06 bits per heavy atom. The van der Waals surface area contributed by atoms with E-state index in [9.17, 15) is 4.79 Å². The number of rotatable bonds is 4. The van der Waals surface area contributed by atoms with E-state index >= 15 is 0 Å². The molecule has 1 saturated carbocycles. The Balaban J connectivity index is 2.63. The van der Waals surface area contributed by atoms with Crippen LogP contribution in [-0.4, -0.2) is 12.6 Å². The molecule has 0 N–H and O–H groups in total. The van der Waals surface area contributed by atoms with E-state index in [-0.39, 0.29) is 11.9 Å². The van der Waals surface area contributed by atoms with Gasteiger partial charge in [0.2, 0.25) is 0 Å². The number of carbonyl (C=O) groups excluding carboxylic acids is 1. The molecule has 92 valence electrons. The predicted molar refractivity (Wildman–Crippen MR) is 66.1 cm³/mol. The van der Waals surface area contributed by atoms with Crippen molar-refractivity contribution in [1.29, 1.82) is 0 Å². The average molecular weight is 224 g/mol. The van der Waals surface area contributed by atoms with Gasteiger partial charge in [-0.05, 0) is 38.0 Å². The zero-order chi connectivity index (χ0) is 12.1. The molecular formula is C14H24O2. The zero-order valence-corrected chi connectivity index (χ0v) is 10.8. The molecule has 1 rings (SSSR count). The number of ether oxygens (including phenoxy) is 1. The summed E-state index contributed by atoms with van der Waals surface area (Å²) in [4.78, 5) is 12.0. The lowest BCUT2D eigenvalue weighted by atomic mass is 9.72. The highest BCUT2D eigenvalue weighted by molar-refractivity contribution is 5.73. The zero-order valence-electron chi connectivity index (χ0n) is 10.8. The van der Waals surface area contributed by atoms with Crippen LogP contribution < -0.4 is 0 Å². The molecule has 2 nitrogen and oxygen atoms in total. The lowest BCUT2D eigenvalue weighted by molar-refractivity contribution is -0.151. The van der Waals surface area contributed by atoms with Gasteiger partial charge >= 0.3 is 5.97 Å². The molecule has 3 atom stereocenters. The van der Waals surface area contributed by atoms with Gasteiger partial charge in [0, 0.05) is 0 Å². The molecule has 0 saturated heterocycles. The van der Waals surface area contributed by atoms with Gasteiger partial charge in [0.25, 0.3) is 0 Å². The van der Waals surface area contributed by atoms with Crippen LogP contribution in [0.15, 0.2) is 12.2 Å². The van der Waals surface area contributed by atoms with Crippen molar-refractivity contribution in [2.45, 2.75) is 46.5 Å². The first-order valence-electron chi connectivity index (χ1n) is 6.38. The van der Waals surface area contributed by atoms with Gasteiger partial charge in [0.05, 0.1) is 12.5 Å². The standard InChI is InChI=1S/C14H24O2/c1-5-8-16-14(15)13-9-11(4)6-7-12(13)10(2)3/h11-13H,2,5-9H2,1,3-4H3. The number of hydrogen-bond acceptors (Lipinski definition) is 2. The first kappa shape index (κ1) is 13.3. The van der Waals surface area contributed by atoms with Crippen LogP contribution in [0.2, 0.25) is 0 Å². The fourth-order valence-corrected chi connectivity index (χ4v) is 2.54. The molecule has 16 heavy (non-hydrogen) atoms. The summed E-state index contributed by atoms with van der Waals surface area (Å²) in [5.41, 5.74) is 1.13. The third kappa shape index (κ3) is 3.36. The molecule has 0 aromatic carbocycles. The summed E-state index contributed by atoms with van der Waals surface area (Å²) in [6.07, 6.45) is 4.14. The Morgan fingerprint density at radius 1 is 1.38 bits per heavy atom. The molecule has 0 heterocycles. The van der Waals surface area contributed by atoms with Crippen molar-refractivity contribution in [3.8, 4) is 0 Å². The highest BCUT2D eigenvalue weighted by Gasteiger charge is 2.34. The third-order valence-corrected chi connectivity index (χ3v) is 3.50. The molecule has 0 amide bonds. The summed E-state index contributed by atoms with van der Waals surface area (Å²) in [6, 6.07) is 0. The summed E-state index contributed by atoms with van der Waals surface area (Å²) >= 11 is 0. The van der Waals surface area contributed by atoms with Crippen molar-refractivity contribution in [3.05, 3.63) is 12.2 Å². The van der Waals surface area contributed by atoms with E-state index in [1.807, 2.05) is 13.8 Å². The smallest absolute Gasteiger partial charge is 0.309 e. The maximum atomic E-state index is 12.0. The quantitative estimate of drug-likeness (QED) is 0.539. The van der Waals surface area contributed by atoms with Crippen LogP contribution in [0.1, 0.15) is 46.5 Å². The second kappa shape index (κ2) is 6.07. The minimum Gasteiger partial charge on any atom is -0.465 e. The van der Waals surface area contributed by atoms with Crippen LogP contribution in [0, 0.1) is 17.8 Å². The fraction of sp³-hybridized carbons (Fsp3) is 0.786. The Kier molecular flexibility index (Phi) is 5.04. The van der Waals surface area contributed by atoms with Crippen LogP contribution in [-0.2, 0) is 9.53 Å². The summed E-state index contributed by atoms with van der Waals surface area (Å²) in [5.74, 6) is 1.00. The highest BCUT2D eigenvalue weighted by atomic mass is 16.5. The Bertz CT molecular complexity index is 257. The molecule has 0 aromatic heterocycles. The molecule has 0 spiro atoms. The van der Waals surface area contributed by atoms with Crippen LogP contribution in [0.3, 0.4) is 0 Å². The van der Waals surface area contributed by atoms with Gasteiger partial charge in [0.15, 0.2) is 0 Å². The lowest BCUT2D eigenvalue weighted by Gasteiger charge is -2.33. The van der Waals surface area contributed by atoms with Crippen molar-refractivity contribution in [2.75, 3.05) is 6.61 Å². The minimum atomic E-state index is -0.0126. The van der Waals surface area contributed by atoms with Gasteiger partial charge in [-0.1, -0.05) is 32.4 Å². The van der Waals surface area contributed by atoms with Gasteiger partial charge in [-0.25, -0.2) is 0 Å². The number of hydrogen-bond donors (Lipinski definition) is 0. The summed E-state index contributed by atoms with van der Waals surface area (Å²) in [7, 11) is 0. The molecule has 0 aliphatic heterocycles. The SMILES string of the molecule is C=C(C)C1CCC(C)CC1C(=O)OCCC. The number of esters is 1. The maximum absolute atomic E-state index is 12.0. The molecule has 0 bridgehead atoms. The summed E-state index contributed by atoms with van der Waals surface area (Å²) < 4.78 is 5.28. The van der Waals surface area contributed by atoms with Gasteiger partial charge in [0.1, 0.15) is 0 Å². The molecule has 3 unspecified atom stereocenters. The summed E-state index contributed by atoms with van der Waals surface area (Å²) in [6.45, 7) is 10.8. The summed E-state index contributed by atoms with van der Waals surface area (Å²) in [5, 5.41) is 0. The molecule has 1 aliphatic carbocycles. The van der Waals surface area contributed by atoms with Crippen LogP contribution in [0.4, 0.5) is 0 Å². The van der Waals surface area contributed by atoms with E-state index in [0.717, 1.165) is 24.8 Å². The molecule has 1 fully saturated rings. The molecular weight excluding hydrogens is 200 g/mol. The number of allylic oxidation sites excluding steroid dienone is 1. The second-order valence-electron chi connectivity index (χ2n) is 5.15. The van der Waals surface area contributed by atoms with Gasteiger partial charge < -0.3 is 4.74 Å². The number of carbonyl (C=O) groups is 1. The topological polar surface area (TPSA) is 26.3 Å². The van der Waals surface area contributed by atoms with Crippen molar-refractivity contribution in [2.24, 2.45) is 17.8 Å². The average Bonchev–Trinajstić information content (AvgIpc) is 2.25. The highest BCUT2D eigenvalue weighted by Crippen LogP contribution is 2.37. The molecule has 0 aromatic rings. The van der Waals surface area contributed by atoms with Gasteiger partial charge in [-0.15, -0.1) is 0 Å². The van der Waals surface area contributed by atoms with Gasteiger partial charge in [-0.2, -0.15) is 0 Å². The van der Waals surface area contributed by atoms with Crippen molar-refractivity contribution < 1.29 is 9.53 Å². The van der Waals surface area contributed by atoms with Crippen LogP contribution >= 0.6 is 0 Å². The minimum absolute atomic E-state index is 0.0126. The van der Waals surface area contributed by atoms with Crippen LogP contribution in [0.25, 0.3) is 0 Å². The van der Waals surface area contributed by atoms with E-state index in [1.54, 1.807) is 0 Å². The largest absolute Gasteiger partial charge is 0.465 e. The van der Waals surface area contributed by atoms with Crippen molar-refractivity contribution in [3.63, 3.8) is 0 Å². The molecule has 1 aliphatic rings. The first-order valence-corrected chi connectivity index (χ1v) is 6.38. The third-order valence-electron chi connectivity index (χ3n) is 3.50. The van der Waals surface area contributed by atoms with E-state index in [2.05, 4.69) is 13.5 Å². The van der Waals surface area contributed by atoms with Crippen molar-refractivity contribution >= 4 is 5.97 Å². The molecule has 0 radical (unpaired) electrons. The van der Waals surface area contributed by atoms with Crippen molar-refractivity contribution in [1.82, 2.24) is 0 Å². The molecule has 2 heteroatoms. The lowest BCUT2D eigenvalue weighted by Crippen LogP contribution is -2.32. The first-order chi connectivity index (χ1) is 7.56. The van der Waals surface area contributed by atoms with Gasteiger partial charge in [-0.3, -0.25) is 4.79 Å². The second-order valence-corrected chi connectivity index (χ2v) is 5.15. The van der Waals surface area contributed by atoms with E-state index in [4.69, 9.17) is 4.74 Å². The Morgan fingerprint density at radius 3 is 2.62 bits per heavy atom. The van der Waals surface area contributed by atoms with Crippen LogP contribution in [0.5, 0.6) is 0 Å². The monoisotopic (exact) mass is 224 g/mol. The normalized spacial score (nSPS) is 29.8.